The lowest BCUT2D eigenvalue weighted by atomic mass is 10.2. The number of morpholine rings is 1. The van der Waals surface area contributed by atoms with E-state index in [1.807, 2.05) is 36.4 Å². The van der Waals surface area contributed by atoms with Crippen LogP contribution in [0.25, 0.3) is 11.0 Å². The lowest BCUT2D eigenvalue weighted by Crippen LogP contribution is -2.37. The Kier molecular flexibility index (Phi) is 6.15. The van der Waals surface area contributed by atoms with E-state index in [2.05, 4.69) is 22.5 Å². The molecule has 0 atom stereocenters. The van der Waals surface area contributed by atoms with Crippen LogP contribution in [0.3, 0.4) is 0 Å². The van der Waals surface area contributed by atoms with Gasteiger partial charge in [0, 0.05) is 31.2 Å². The molecule has 2 aromatic carbocycles. The van der Waals surface area contributed by atoms with E-state index in [-0.39, 0.29) is 0 Å². The van der Waals surface area contributed by atoms with E-state index >= 15 is 0 Å². The Morgan fingerprint density at radius 1 is 1.11 bits per heavy atom. The summed E-state index contributed by atoms with van der Waals surface area (Å²) in [6.07, 6.45) is 1.05. The van der Waals surface area contributed by atoms with Gasteiger partial charge in [0.25, 0.3) is 0 Å². The number of benzene rings is 2. The van der Waals surface area contributed by atoms with Gasteiger partial charge in [-0.15, -0.1) is 0 Å². The van der Waals surface area contributed by atoms with Crippen molar-refractivity contribution in [1.29, 1.82) is 0 Å². The van der Waals surface area contributed by atoms with Gasteiger partial charge in [-0.1, -0.05) is 29.8 Å². The molecule has 0 bridgehead atoms. The molecule has 0 amide bonds. The van der Waals surface area contributed by atoms with Crippen LogP contribution in [0, 0.1) is 6.92 Å². The third kappa shape index (κ3) is 4.49. The second-order valence-corrected chi connectivity index (χ2v) is 7.61. The number of hydrogen-bond donors (Lipinski definition) is 0. The fourth-order valence-electron chi connectivity index (χ4n) is 3.64. The molecule has 148 valence electrons. The fourth-order valence-corrected chi connectivity index (χ4v) is 3.81. The van der Waals surface area contributed by atoms with Crippen molar-refractivity contribution < 1.29 is 9.47 Å². The number of rotatable bonds is 7. The molecule has 0 N–H and O–H groups in total. The summed E-state index contributed by atoms with van der Waals surface area (Å²) in [7, 11) is 0. The average Bonchev–Trinajstić information content (AvgIpc) is 3.05. The molecule has 0 saturated carbocycles. The van der Waals surface area contributed by atoms with Crippen LogP contribution in [-0.4, -0.2) is 47.3 Å². The zero-order chi connectivity index (χ0) is 19.3. The molecule has 1 aliphatic heterocycles. The molecule has 1 fully saturated rings. The van der Waals surface area contributed by atoms with Gasteiger partial charge >= 0.3 is 0 Å². The van der Waals surface area contributed by atoms with E-state index in [0.717, 1.165) is 79.0 Å². The van der Waals surface area contributed by atoms with E-state index in [0.29, 0.717) is 6.61 Å². The van der Waals surface area contributed by atoms with Crippen molar-refractivity contribution in [2.75, 3.05) is 32.8 Å². The van der Waals surface area contributed by atoms with Gasteiger partial charge in [0.1, 0.15) is 18.2 Å². The Morgan fingerprint density at radius 2 is 1.93 bits per heavy atom. The summed E-state index contributed by atoms with van der Waals surface area (Å²) < 4.78 is 13.8. The molecule has 2 heterocycles. The van der Waals surface area contributed by atoms with Gasteiger partial charge in [0.15, 0.2) is 0 Å². The summed E-state index contributed by atoms with van der Waals surface area (Å²) in [4.78, 5) is 7.27. The van der Waals surface area contributed by atoms with Crippen LogP contribution in [0.1, 0.15) is 17.8 Å². The van der Waals surface area contributed by atoms with Gasteiger partial charge in [-0.2, -0.15) is 0 Å². The highest BCUT2D eigenvalue weighted by Gasteiger charge is 2.14. The average molecular weight is 400 g/mol. The quantitative estimate of drug-likeness (QED) is 0.593. The number of ether oxygens (including phenoxy) is 2. The molecule has 0 spiro atoms. The predicted octanol–water partition coefficient (Wildman–Crippen LogP) is 4.30. The Labute approximate surface area is 170 Å². The van der Waals surface area contributed by atoms with Gasteiger partial charge in [-0.25, -0.2) is 4.98 Å². The van der Waals surface area contributed by atoms with Gasteiger partial charge in [-0.05, 0) is 43.2 Å². The highest BCUT2D eigenvalue weighted by Crippen LogP contribution is 2.23. The van der Waals surface area contributed by atoms with Crippen LogP contribution < -0.4 is 4.74 Å². The van der Waals surface area contributed by atoms with Crippen LogP contribution in [0.15, 0.2) is 42.5 Å². The maximum absolute atomic E-state index is 6.25. The first-order valence-electron chi connectivity index (χ1n) is 9.84. The molecule has 1 saturated heterocycles. The van der Waals surface area contributed by atoms with Crippen LogP contribution in [0.4, 0.5) is 0 Å². The standard InChI is InChI=1S/C22H26ClN3O2/c1-17-5-2-3-6-21(17)28-16-22-24-19-8-7-18(23)15-20(19)26(22)10-4-9-25-11-13-27-14-12-25/h2-3,5-8,15H,4,9-14,16H2,1H3. The Balaban J connectivity index is 1.51. The number of fused-ring (bicyclic) bond motifs is 1. The lowest BCUT2D eigenvalue weighted by Gasteiger charge is -2.26. The first-order valence-corrected chi connectivity index (χ1v) is 10.2. The summed E-state index contributed by atoms with van der Waals surface area (Å²) in [5, 5.41) is 0.730. The van der Waals surface area contributed by atoms with E-state index in [9.17, 15) is 0 Å². The van der Waals surface area contributed by atoms with Gasteiger partial charge in [-0.3, -0.25) is 4.90 Å². The second kappa shape index (κ2) is 8.95. The third-order valence-electron chi connectivity index (χ3n) is 5.20. The minimum Gasteiger partial charge on any atom is -0.485 e. The smallest absolute Gasteiger partial charge is 0.147 e. The molecular formula is C22H26ClN3O2. The monoisotopic (exact) mass is 399 g/mol. The summed E-state index contributed by atoms with van der Waals surface area (Å²) in [6, 6.07) is 13.9. The minimum absolute atomic E-state index is 0.439. The molecule has 6 heteroatoms. The number of aryl methyl sites for hydroxylation is 2. The molecule has 1 aliphatic rings. The Hall–Kier alpha value is -2.08. The Bertz CT molecular complexity index is 935. The van der Waals surface area contributed by atoms with Crippen LogP contribution in [0.5, 0.6) is 5.75 Å². The van der Waals surface area contributed by atoms with Crippen molar-refractivity contribution in [3.05, 3.63) is 58.9 Å². The topological polar surface area (TPSA) is 39.5 Å². The molecular weight excluding hydrogens is 374 g/mol. The number of halogens is 1. The van der Waals surface area contributed by atoms with Crippen molar-refractivity contribution in [3.63, 3.8) is 0 Å². The molecule has 0 unspecified atom stereocenters. The van der Waals surface area contributed by atoms with Crippen molar-refractivity contribution in [2.24, 2.45) is 0 Å². The number of nitrogens with zero attached hydrogens (tertiary/aromatic N) is 3. The zero-order valence-electron chi connectivity index (χ0n) is 16.2. The fraction of sp³-hybridized carbons (Fsp3) is 0.409. The number of aromatic nitrogens is 2. The largest absolute Gasteiger partial charge is 0.485 e. The van der Waals surface area contributed by atoms with E-state index in [4.69, 9.17) is 26.1 Å². The zero-order valence-corrected chi connectivity index (χ0v) is 17.0. The highest BCUT2D eigenvalue weighted by molar-refractivity contribution is 6.31. The molecule has 0 aliphatic carbocycles. The van der Waals surface area contributed by atoms with Crippen LogP contribution >= 0.6 is 11.6 Å². The molecule has 3 aromatic rings. The summed E-state index contributed by atoms with van der Waals surface area (Å²) in [6.45, 7) is 8.13. The highest BCUT2D eigenvalue weighted by atomic mass is 35.5. The first kappa shape index (κ1) is 19.2. The van der Waals surface area contributed by atoms with Crippen molar-refractivity contribution in [3.8, 4) is 5.75 Å². The second-order valence-electron chi connectivity index (χ2n) is 7.17. The molecule has 4 rings (SSSR count). The number of imidazole rings is 1. The summed E-state index contributed by atoms with van der Waals surface area (Å²) in [5.74, 6) is 1.83. The minimum atomic E-state index is 0.439. The van der Waals surface area contributed by atoms with E-state index in [1.165, 1.54) is 0 Å². The van der Waals surface area contributed by atoms with E-state index < -0.39 is 0 Å². The van der Waals surface area contributed by atoms with Crippen LogP contribution in [-0.2, 0) is 17.9 Å². The number of hydrogen-bond acceptors (Lipinski definition) is 4. The summed E-state index contributed by atoms with van der Waals surface area (Å²) >= 11 is 6.25. The van der Waals surface area contributed by atoms with Gasteiger partial charge < -0.3 is 14.0 Å². The van der Waals surface area contributed by atoms with Crippen LogP contribution in [0.2, 0.25) is 5.02 Å². The van der Waals surface area contributed by atoms with E-state index in [1.54, 1.807) is 0 Å². The normalized spacial score (nSPS) is 15.2. The molecule has 1 aromatic heterocycles. The lowest BCUT2D eigenvalue weighted by molar-refractivity contribution is 0.0369. The van der Waals surface area contributed by atoms with Crippen molar-refractivity contribution in [1.82, 2.24) is 14.5 Å². The molecule has 0 radical (unpaired) electrons. The SMILES string of the molecule is Cc1ccccc1OCc1nc2ccc(Cl)cc2n1CCCN1CCOCC1. The van der Waals surface area contributed by atoms with Crippen molar-refractivity contribution in [2.45, 2.75) is 26.5 Å². The Morgan fingerprint density at radius 3 is 2.75 bits per heavy atom. The maximum atomic E-state index is 6.25. The first-order chi connectivity index (χ1) is 13.7. The third-order valence-corrected chi connectivity index (χ3v) is 5.43. The predicted molar refractivity (Wildman–Crippen MR) is 112 cm³/mol. The summed E-state index contributed by atoms with van der Waals surface area (Å²) in [5.41, 5.74) is 3.15. The van der Waals surface area contributed by atoms with Crippen molar-refractivity contribution >= 4 is 22.6 Å². The number of para-hydroxylation sites is 1. The van der Waals surface area contributed by atoms with Gasteiger partial charge in [0.2, 0.25) is 0 Å². The van der Waals surface area contributed by atoms with Gasteiger partial charge in [0.05, 0.1) is 24.2 Å². The molecule has 5 nitrogen and oxygen atoms in total. The maximum Gasteiger partial charge on any atom is 0.147 e. The molecule has 28 heavy (non-hydrogen) atoms.